The SMILES string of the molecule is NCc1ncc2c3[nH]ccc3ccn12. The Labute approximate surface area is 80.4 Å². The molecule has 3 aromatic heterocycles. The van der Waals surface area contributed by atoms with E-state index in [-0.39, 0.29) is 0 Å². The average Bonchev–Trinajstić information content (AvgIpc) is 2.82. The van der Waals surface area contributed by atoms with Crippen LogP contribution >= 0.6 is 0 Å². The highest BCUT2D eigenvalue weighted by atomic mass is 15.0. The highest BCUT2D eigenvalue weighted by Crippen LogP contribution is 2.18. The van der Waals surface area contributed by atoms with Crippen molar-refractivity contribution in [1.29, 1.82) is 0 Å². The van der Waals surface area contributed by atoms with Crippen molar-refractivity contribution < 1.29 is 0 Å². The number of nitrogens with zero attached hydrogens (tertiary/aromatic N) is 2. The minimum Gasteiger partial charge on any atom is -0.359 e. The molecule has 3 heterocycles. The van der Waals surface area contributed by atoms with Crippen molar-refractivity contribution in [3.63, 3.8) is 0 Å². The zero-order valence-corrected chi connectivity index (χ0v) is 7.57. The largest absolute Gasteiger partial charge is 0.359 e. The van der Waals surface area contributed by atoms with Crippen molar-refractivity contribution in [2.24, 2.45) is 5.73 Å². The van der Waals surface area contributed by atoms with E-state index in [4.69, 9.17) is 5.73 Å². The van der Waals surface area contributed by atoms with Crippen molar-refractivity contribution >= 4 is 16.4 Å². The predicted octanol–water partition coefficient (Wildman–Crippen LogP) is 1.27. The van der Waals surface area contributed by atoms with Gasteiger partial charge in [0, 0.05) is 17.8 Å². The summed E-state index contributed by atoms with van der Waals surface area (Å²) in [5.41, 5.74) is 7.77. The number of imidazole rings is 1. The summed E-state index contributed by atoms with van der Waals surface area (Å²) in [5, 5.41) is 1.20. The Morgan fingerprint density at radius 2 is 2.36 bits per heavy atom. The third-order valence-electron chi connectivity index (χ3n) is 2.49. The topological polar surface area (TPSA) is 59.1 Å². The Morgan fingerprint density at radius 3 is 3.21 bits per heavy atom. The molecule has 3 rings (SSSR count). The van der Waals surface area contributed by atoms with E-state index < -0.39 is 0 Å². The zero-order valence-electron chi connectivity index (χ0n) is 7.57. The molecular formula is C10H10N4. The molecule has 4 heteroatoms. The first-order chi connectivity index (χ1) is 6.90. The van der Waals surface area contributed by atoms with Crippen LogP contribution in [0.2, 0.25) is 0 Å². The molecule has 0 aromatic carbocycles. The Kier molecular flexibility index (Phi) is 1.40. The molecule has 0 unspecified atom stereocenters. The molecule has 0 radical (unpaired) electrons. The van der Waals surface area contributed by atoms with Gasteiger partial charge in [-0.2, -0.15) is 0 Å². The third-order valence-corrected chi connectivity index (χ3v) is 2.49. The molecule has 4 nitrogen and oxygen atoms in total. The number of nitrogens with one attached hydrogen (secondary N) is 1. The highest BCUT2D eigenvalue weighted by molar-refractivity contribution is 5.92. The van der Waals surface area contributed by atoms with E-state index in [1.54, 1.807) is 0 Å². The maximum absolute atomic E-state index is 5.59. The van der Waals surface area contributed by atoms with E-state index in [1.165, 1.54) is 5.39 Å². The van der Waals surface area contributed by atoms with Crippen LogP contribution in [0, 0.1) is 0 Å². The van der Waals surface area contributed by atoms with Gasteiger partial charge < -0.3 is 15.1 Å². The van der Waals surface area contributed by atoms with Crippen molar-refractivity contribution in [2.45, 2.75) is 6.54 Å². The number of H-pyrrole nitrogens is 1. The number of pyridine rings is 1. The zero-order chi connectivity index (χ0) is 9.54. The van der Waals surface area contributed by atoms with Gasteiger partial charge in [-0.05, 0) is 12.1 Å². The highest BCUT2D eigenvalue weighted by Gasteiger charge is 2.05. The van der Waals surface area contributed by atoms with Crippen LogP contribution in [0.4, 0.5) is 0 Å². The summed E-state index contributed by atoms with van der Waals surface area (Å²) in [6.45, 7) is 0.459. The van der Waals surface area contributed by atoms with Crippen molar-refractivity contribution in [1.82, 2.24) is 14.4 Å². The Hall–Kier alpha value is -1.81. The molecule has 0 spiro atoms. The molecule has 3 N–H and O–H groups in total. The summed E-state index contributed by atoms with van der Waals surface area (Å²) in [5.74, 6) is 0.886. The van der Waals surface area contributed by atoms with Crippen LogP contribution in [0.15, 0.2) is 30.7 Å². The van der Waals surface area contributed by atoms with Gasteiger partial charge >= 0.3 is 0 Å². The first-order valence-electron chi connectivity index (χ1n) is 4.52. The van der Waals surface area contributed by atoms with Crippen molar-refractivity contribution in [3.8, 4) is 0 Å². The van der Waals surface area contributed by atoms with Crippen molar-refractivity contribution in [2.75, 3.05) is 0 Å². The van der Waals surface area contributed by atoms with E-state index >= 15 is 0 Å². The normalized spacial score (nSPS) is 11.5. The quantitative estimate of drug-likeness (QED) is 0.601. The third kappa shape index (κ3) is 0.831. The summed E-state index contributed by atoms with van der Waals surface area (Å²) < 4.78 is 2.01. The minimum absolute atomic E-state index is 0.459. The standard InChI is InChI=1S/C10H10N4/c11-5-9-13-6-8-10-7(1-3-12-10)2-4-14(8)9/h1-4,6,12H,5,11H2. The molecule has 0 aliphatic rings. The van der Waals surface area contributed by atoms with E-state index in [1.807, 2.05) is 29.1 Å². The summed E-state index contributed by atoms with van der Waals surface area (Å²) in [7, 11) is 0. The van der Waals surface area contributed by atoms with Crippen LogP contribution in [0.3, 0.4) is 0 Å². The predicted molar refractivity (Wildman–Crippen MR) is 54.9 cm³/mol. The Balaban J connectivity index is 2.52. The smallest absolute Gasteiger partial charge is 0.127 e. The molecule has 0 fully saturated rings. The minimum atomic E-state index is 0.459. The van der Waals surface area contributed by atoms with Crippen LogP contribution in [-0.4, -0.2) is 14.4 Å². The van der Waals surface area contributed by atoms with Crippen LogP contribution in [-0.2, 0) is 6.54 Å². The molecule has 0 saturated heterocycles. The maximum Gasteiger partial charge on any atom is 0.127 e. The lowest BCUT2D eigenvalue weighted by atomic mass is 10.3. The molecule has 0 amide bonds. The summed E-state index contributed by atoms with van der Waals surface area (Å²) >= 11 is 0. The van der Waals surface area contributed by atoms with Gasteiger partial charge in [0.05, 0.1) is 23.8 Å². The van der Waals surface area contributed by atoms with Gasteiger partial charge in [0.25, 0.3) is 0 Å². The first-order valence-corrected chi connectivity index (χ1v) is 4.52. The van der Waals surface area contributed by atoms with Gasteiger partial charge in [0.2, 0.25) is 0 Å². The lowest BCUT2D eigenvalue weighted by Crippen LogP contribution is -2.02. The fourth-order valence-corrected chi connectivity index (χ4v) is 1.80. The van der Waals surface area contributed by atoms with Crippen LogP contribution < -0.4 is 5.73 Å². The van der Waals surface area contributed by atoms with Gasteiger partial charge in [0.15, 0.2) is 0 Å². The fraction of sp³-hybridized carbons (Fsp3) is 0.100. The lowest BCUT2D eigenvalue weighted by Gasteiger charge is -1.98. The van der Waals surface area contributed by atoms with Gasteiger partial charge in [-0.15, -0.1) is 0 Å². The number of aromatic nitrogens is 3. The molecular weight excluding hydrogens is 176 g/mol. The van der Waals surface area contributed by atoms with Crippen LogP contribution in [0.25, 0.3) is 16.4 Å². The van der Waals surface area contributed by atoms with Crippen molar-refractivity contribution in [3.05, 3.63) is 36.5 Å². The van der Waals surface area contributed by atoms with Gasteiger partial charge in [-0.1, -0.05) is 0 Å². The maximum atomic E-state index is 5.59. The molecule has 0 aliphatic heterocycles. The second-order valence-electron chi connectivity index (χ2n) is 3.26. The summed E-state index contributed by atoms with van der Waals surface area (Å²) in [4.78, 5) is 7.46. The number of hydrogen-bond donors (Lipinski definition) is 2. The molecule has 0 saturated carbocycles. The fourth-order valence-electron chi connectivity index (χ4n) is 1.80. The Morgan fingerprint density at radius 1 is 1.43 bits per heavy atom. The average molecular weight is 186 g/mol. The van der Waals surface area contributed by atoms with Gasteiger partial charge in [0.1, 0.15) is 5.82 Å². The molecule has 3 aromatic rings. The molecule has 14 heavy (non-hydrogen) atoms. The van der Waals surface area contributed by atoms with E-state index in [2.05, 4.69) is 16.0 Å². The summed E-state index contributed by atoms with van der Waals surface area (Å²) in [6.07, 6.45) is 5.78. The first kappa shape index (κ1) is 7.58. The number of aromatic amines is 1. The van der Waals surface area contributed by atoms with E-state index in [0.29, 0.717) is 6.54 Å². The van der Waals surface area contributed by atoms with Crippen LogP contribution in [0.5, 0.6) is 0 Å². The molecule has 0 aliphatic carbocycles. The van der Waals surface area contributed by atoms with Gasteiger partial charge in [-0.25, -0.2) is 4.98 Å². The number of rotatable bonds is 1. The number of hydrogen-bond acceptors (Lipinski definition) is 2. The molecule has 0 atom stereocenters. The van der Waals surface area contributed by atoms with Crippen LogP contribution in [0.1, 0.15) is 5.82 Å². The van der Waals surface area contributed by atoms with Gasteiger partial charge in [-0.3, -0.25) is 0 Å². The monoisotopic (exact) mass is 186 g/mol. The molecule has 70 valence electrons. The summed E-state index contributed by atoms with van der Waals surface area (Å²) in [6, 6.07) is 4.10. The number of fused-ring (bicyclic) bond motifs is 3. The second-order valence-corrected chi connectivity index (χ2v) is 3.26. The van der Waals surface area contributed by atoms with E-state index in [9.17, 15) is 0 Å². The number of nitrogens with two attached hydrogens (primary N) is 1. The Bertz CT molecular complexity index is 590. The lowest BCUT2D eigenvalue weighted by molar-refractivity contribution is 0.905. The van der Waals surface area contributed by atoms with E-state index in [0.717, 1.165) is 16.9 Å². The molecule has 0 bridgehead atoms. The second kappa shape index (κ2) is 2.59.